The molecule has 0 spiro atoms. The quantitative estimate of drug-likeness (QED) is 0.875. The highest BCUT2D eigenvalue weighted by Gasteiger charge is 2.28. The SMILES string of the molecule is Cc1cc(C(N)=O)c(NC2CCN(C(=O)N3CCCC3)CC2)nc1C. The van der Waals surface area contributed by atoms with Gasteiger partial charge in [0.2, 0.25) is 0 Å². The molecule has 1 aromatic rings. The zero-order chi connectivity index (χ0) is 18.0. The number of aryl methyl sites for hydroxylation is 2. The topological polar surface area (TPSA) is 91.6 Å². The third-order valence-electron chi connectivity index (χ3n) is 5.21. The van der Waals surface area contributed by atoms with Gasteiger partial charge >= 0.3 is 6.03 Å². The van der Waals surface area contributed by atoms with Gasteiger partial charge in [-0.2, -0.15) is 0 Å². The molecule has 2 fully saturated rings. The third kappa shape index (κ3) is 3.86. The van der Waals surface area contributed by atoms with Crippen molar-refractivity contribution < 1.29 is 9.59 Å². The Labute approximate surface area is 148 Å². The summed E-state index contributed by atoms with van der Waals surface area (Å²) in [5.41, 5.74) is 7.76. The number of piperidine rings is 1. The lowest BCUT2D eigenvalue weighted by Gasteiger charge is -2.35. The van der Waals surface area contributed by atoms with Gasteiger partial charge in [0.1, 0.15) is 5.82 Å². The molecule has 0 bridgehead atoms. The van der Waals surface area contributed by atoms with Crippen LogP contribution in [-0.2, 0) is 0 Å². The predicted octanol–water partition coefficient (Wildman–Crippen LogP) is 1.89. The van der Waals surface area contributed by atoms with Crippen LogP contribution in [0.15, 0.2) is 6.07 Å². The summed E-state index contributed by atoms with van der Waals surface area (Å²) < 4.78 is 0. The van der Waals surface area contributed by atoms with Gasteiger partial charge in [0.25, 0.3) is 5.91 Å². The molecule has 0 aromatic carbocycles. The van der Waals surface area contributed by atoms with E-state index in [1.54, 1.807) is 6.07 Å². The standard InChI is InChI=1S/C18H27N5O2/c1-12-11-15(16(19)24)17(20-13(12)2)21-14-5-9-23(10-6-14)18(25)22-7-3-4-8-22/h11,14H,3-10H2,1-2H3,(H2,19,24)(H,20,21). The number of nitrogens with two attached hydrogens (primary N) is 1. The van der Waals surface area contributed by atoms with Gasteiger partial charge in [-0.3, -0.25) is 4.79 Å². The highest BCUT2D eigenvalue weighted by molar-refractivity contribution is 5.97. The molecule has 3 rings (SSSR count). The van der Waals surface area contributed by atoms with Crippen LogP contribution in [0.4, 0.5) is 10.6 Å². The molecule has 7 nitrogen and oxygen atoms in total. The number of carbonyl (C=O) groups excluding carboxylic acids is 2. The van der Waals surface area contributed by atoms with Crippen LogP contribution in [0, 0.1) is 13.8 Å². The van der Waals surface area contributed by atoms with Crippen molar-refractivity contribution in [3.05, 3.63) is 22.9 Å². The van der Waals surface area contributed by atoms with Crippen LogP contribution >= 0.6 is 0 Å². The minimum Gasteiger partial charge on any atom is -0.367 e. The Morgan fingerprint density at radius 1 is 1.12 bits per heavy atom. The average molecular weight is 345 g/mol. The van der Waals surface area contributed by atoms with Gasteiger partial charge in [-0.15, -0.1) is 0 Å². The number of hydrogen-bond acceptors (Lipinski definition) is 4. The van der Waals surface area contributed by atoms with Crippen molar-refractivity contribution in [2.24, 2.45) is 5.73 Å². The number of carbonyl (C=O) groups is 2. The molecular formula is C18H27N5O2. The van der Waals surface area contributed by atoms with Crippen LogP contribution < -0.4 is 11.1 Å². The van der Waals surface area contributed by atoms with E-state index in [9.17, 15) is 9.59 Å². The minimum atomic E-state index is -0.472. The fraction of sp³-hybridized carbons (Fsp3) is 0.611. The fourth-order valence-electron chi connectivity index (χ4n) is 3.52. The lowest BCUT2D eigenvalue weighted by Crippen LogP contribution is -2.47. The highest BCUT2D eigenvalue weighted by atomic mass is 16.2. The van der Waals surface area contributed by atoms with Crippen molar-refractivity contribution in [2.75, 3.05) is 31.5 Å². The Morgan fingerprint density at radius 2 is 1.72 bits per heavy atom. The second-order valence-electron chi connectivity index (χ2n) is 7.03. The molecule has 0 saturated carbocycles. The maximum absolute atomic E-state index is 12.4. The Kier molecular flexibility index (Phi) is 5.11. The van der Waals surface area contributed by atoms with Crippen LogP contribution in [0.25, 0.3) is 0 Å². The Morgan fingerprint density at radius 3 is 2.32 bits per heavy atom. The van der Waals surface area contributed by atoms with Crippen molar-refractivity contribution in [2.45, 2.75) is 45.6 Å². The molecule has 2 aliphatic heterocycles. The molecule has 2 aliphatic rings. The van der Waals surface area contributed by atoms with Gasteiger partial charge in [0.05, 0.1) is 5.56 Å². The molecule has 0 radical (unpaired) electrons. The number of hydrogen-bond donors (Lipinski definition) is 2. The Hall–Kier alpha value is -2.31. The van der Waals surface area contributed by atoms with Crippen LogP contribution in [0.1, 0.15) is 47.3 Å². The summed E-state index contributed by atoms with van der Waals surface area (Å²) in [6.07, 6.45) is 3.90. The fourth-order valence-corrected chi connectivity index (χ4v) is 3.52. The van der Waals surface area contributed by atoms with Crippen molar-refractivity contribution >= 4 is 17.8 Å². The molecule has 0 aliphatic carbocycles. The minimum absolute atomic E-state index is 0.165. The first kappa shape index (κ1) is 17.5. The first-order valence-electron chi connectivity index (χ1n) is 9.04. The largest absolute Gasteiger partial charge is 0.367 e. The summed E-state index contributed by atoms with van der Waals surface area (Å²) in [7, 11) is 0. The number of anilines is 1. The smallest absolute Gasteiger partial charge is 0.319 e. The number of aromatic nitrogens is 1. The lowest BCUT2D eigenvalue weighted by atomic mass is 10.0. The number of urea groups is 1. The molecule has 0 atom stereocenters. The van der Waals surface area contributed by atoms with E-state index in [1.807, 2.05) is 23.6 Å². The first-order chi connectivity index (χ1) is 12.0. The molecule has 7 heteroatoms. The number of primary amides is 1. The second-order valence-corrected chi connectivity index (χ2v) is 7.03. The molecule has 25 heavy (non-hydrogen) atoms. The van der Waals surface area contributed by atoms with Gasteiger partial charge in [0.15, 0.2) is 0 Å². The zero-order valence-electron chi connectivity index (χ0n) is 15.0. The summed E-state index contributed by atoms with van der Waals surface area (Å²) in [6.45, 7) is 7.05. The summed E-state index contributed by atoms with van der Waals surface area (Å²) in [4.78, 5) is 32.5. The predicted molar refractivity (Wildman–Crippen MR) is 96.6 cm³/mol. The third-order valence-corrected chi connectivity index (χ3v) is 5.21. The Bertz CT molecular complexity index is 662. The molecule has 1 aromatic heterocycles. The van der Waals surface area contributed by atoms with Crippen molar-refractivity contribution in [3.8, 4) is 0 Å². The van der Waals surface area contributed by atoms with Gasteiger partial charge in [-0.05, 0) is 51.2 Å². The Balaban J connectivity index is 1.61. The number of likely N-dealkylation sites (tertiary alicyclic amines) is 2. The van der Waals surface area contributed by atoms with Crippen LogP contribution in [0.5, 0.6) is 0 Å². The number of pyridine rings is 1. The van der Waals surface area contributed by atoms with E-state index in [4.69, 9.17) is 5.73 Å². The molecule has 3 N–H and O–H groups in total. The van der Waals surface area contributed by atoms with Crippen molar-refractivity contribution in [1.29, 1.82) is 0 Å². The summed E-state index contributed by atoms with van der Waals surface area (Å²) in [6, 6.07) is 2.15. The van der Waals surface area contributed by atoms with Gasteiger partial charge in [-0.1, -0.05) is 0 Å². The number of rotatable bonds is 3. The van der Waals surface area contributed by atoms with E-state index in [-0.39, 0.29) is 12.1 Å². The van der Waals surface area contributed by atoms with E-state index >= 15 is 0 Å². The molecule has 136 valence electrons. The van der Waals surface area contributed by atoms with Gasteiger partial charge < -0.3 is 20.9 Å². The first-order valence-corrected chi connectivity index (χ1v) is 9.04. The van der Waals surface area contributed by atoms with Crippen LogP contribution in [-0.4, -0.2) is 58.9 Å². The zero-order valence-corrected chi connectivity index (χ0v) is 15.0. The number of amides is 3. The molecule has 2 saturated heterocycles. The molecule has 0 unspecified atom stereocenters. The van der Waals surface area contributed by atoms with Gasteiger partial charge in [0, 0.05) is 37.9 Å². The summed E-state index contributed by atoms with van der Waals surface area (Å²) in [5, 5.41) is 3.36. The molecular weight excluding hydrogens is 318 g/mol. The summed E-state index contributed by atoms with van der Waals surface area (Å²) >= 11 is 0. The highest BCUT2D eigenvalue weighted by Crippen LogP contribution is 2.22. The molecule has 3 heterocycles. The monoisotopic (exact) mass is 345 g/mol. The van der Waals surface area contributed by atoms with Gasteiger partial charge in [-0.25, -0.2) is 9.78 Å². The lowest BCUT2D eigenvalue weighted by molar-refractivity contribution is 0.100. The van der Waals surface area contributed by atoms with Crippen LogP contribution in [0.2, 0.25) is 0 Å². The normalized spacial score (nSPS) is 18.5. The summed E-state index contributed by atoms with van der Waals surface area (Å²) in [5.74, 6) is 0.0830. The average Bonchev–Trinajstić information content (AvgIpc) is 3.12. The van der Waals surface area contributed by atoms with E-state index in [1.165, 1.54) is 0 Å². The second kappa shape index (κ2) is 7.29. The van der Waals surface area contributed by atoms with Crippen molar-refractivity contribution in [1.82, 2.24) is 14.8 Å². The van der Waals surface area contributed by atoms with E-state index < -0.39 is 5.91 Å². The maximum Gasteiger partial charge on any atom is 0.319 e. The van der Waals surface area contributed by atoms with Crippen molar-refractivity contribution in [3.63, 3.8) is 0 Å². The van der Waals surface area contributed by atoms with E-state index in [0.717, 1.165) is 63.1 Å². The molecule has 3 amide bonds. The van der Waals surface area contributed by atoms with Crippen LogP contribution in [0.3, 0.4) is 0 Å². The number of nitrogens with one attached hydrogen (secondary N) is 1. The number of nitrogens with zero attached hydrogens (tertiary/aromatic N) is 3. The van der Waals surface area contributed by atoms with E-state index in [2.05, 4.69) is 10.3 Å². The van der Waals surface area contributed by atoms with E-state index in [0.29, 0.717) is 11.4 Å². The maximum atomic E-state index is 12.4.